The summed E-state index contributed by atoms with van der Waals surface area (Å²) in [6, 6.07) is 6.02. The first-order chi connectivity index (χ1) is 8.43. The van der Waals surface area contributed by atoms with E-state index in [2.05, 4.69) is 6.07 Å². The van der Waals surface area contributed by atoms with Gasteiger partial charge in [0.1, 0.15) is 5.75 Å². The van der Waals surface area contributed by atoms with Crippen LogP contribution in [0, 0.1) is 12.8 Å². The Kier molecular flexibility index (Phi) is 5.16. The molecule has 0 spiro atoms. The number of carbonyl (C=O) groups is 1. The van der Waals surface area contributed by atoms with Crippen LogP contribution < -0.4 is 4.74 Å². The molecule has 1 atom stereocenters. The number of aliphatic carboxylic acids is 1. The quantitative estimate of drug-likeness (QED) is 0.841. The summed E-state index contributed by atoms with van der Waals surface area (Å²) >= 11 is 0. The average Bonchev–Trinajstić information content (AvgIpc) is 2.28. The summed E-state index contributed by atoms with van der Waals surface area (Å²) in [5.41, 5.74) is 2.25. The number of aryl methyl sites for hydroxylation is 1. The van der Waals surface area contributed by atoms with E-state index in [1.807, 2.05) is 31.0 Å². The zero-order valence-electron chi connectivity index (χ0n) is 11.4. The Bertz CT molecular complexity index is 418. The van der Waals surface area contributed by atoms with E-state index in [0.717, 1.165) is 11.3 Å². The fraction of sp³-hybridized carbons (Fsp3) is 0.500. The third-order valence-electron chi connectivity index (χ3n) is 2.88. The van der Waals surface area contributed by atoms with Gasteiger partial charge in [0.25, 0.3) is 0 Å². The molecule has 0 bridgehead atoms. The van der Waals surface area contributed by atoms with Gasteiger partial charge in [-0.1, -0.05) is 24.6 Å². The molecule has 0 aliphatic rings. The average molecular weight is 251 g/mol. The van der Waals surface area contributed by atoms with Crippen LogP contribution in [0.2, 0.25) is 0 Å². The van der Waals surface area contributed by atoms with Gasteiger partial charge < -0.3 is 14.7 Å². The lowest BCUT2D eigenvalue weighted by molar-refractivity contribution is -0.141. The number of nitrogens with zero attached hydrogens (tertiary/aromatic N) is 1. The van der Waals surface area contributed by atoms with Crippen molar-refractivity contribution in [3.63, 3.8) is 0 Å². The molecule has 100 valence electrons. The molecule has 0 aliphatic carbocycles. The molecular weight excluding hydrogens is 230 g/mol. The minimum atomic E-state index is -0.766. The Morgan fingerprint density at radius 3 is 2.72 bits per heavy atom. The van der Waals surface area contributed by atoms with Crippen LogP contribution in [0.4, 0.5) is 0 Å². The van der Waals surface area contributed by atoms with Crippen LogP contribution in [0.25, 0.3) is 0 Å². The Labute approximate surface area is 108 Å². The summed E-state index contributed by atoms with van der Waals surface area (Å²) in [5.74, 6) is -0.292. The SMILES string of the molecule is COc1ccc(C)cc1CN(C)CC(C)C(=O)O. The van der Waals surface area contributed by atoms with Crippen molar-refractivity contribution in [1.29, 1.82) is 0 Å². The van der Waals surface area contributed by atoms with Crippen molar-refractivity contribution in [2.24, 2.45) is 5.92 Å². The predicted octanol–water partition coefficient (Wildman–Crippen LogP) is 2.16. The molecule has 0 heterocycles. The van der Waals surface area contributed by atoms with Gasteiger partial charge in [0.15, 0.2) is 0 Å². The number of hydrogen-bond donors (Lipinski definition) is 1. The first kappa shape index (κ1) is 14.5. The van der Waals surface area contributed by atoms with Crippen molar-refractivity contribution in [2.45, 2.75) is 20.4 Å². The second-order valence-electron chi connectivity index (χ2n) is 4.75. The van der Waals surface area contributed by atoms with Crippen molar-refractivity contribution >= 4 is 5.97 Å². The van der Waals surface area contributed by atoms with E-state index < -0.39 is 5.97 Å². The minimum absolute atomic E-state index is 0.370. The van der Waals surface area contributed by atoms with Gasteiger partial charge in [-0.2, -0.15) is 0 Å². The van der Waals surface area contributed by atoms with Crippen LogP contribution in [0.1, 0.15) is 18.1 Å². The number of rotatable bonds is 6. The van der Waals surface area contributed by atoms with Gasteiger partial charge in [0.05, 0.1) is 13.0 Å². The summed E-state index contributed by atoms with van der Waals surface area (Å²) in [6.07, 6.45) is 0. The normalized spacial score (nSPS) is 12.5. The van der Waals surface area contributed by atoms with E-state index in [0.29, 0.717) is 13.1 Å². The van der Waals surface area contributed by atoms with E-state index in [1.165, 1.54) is 5.56 Å². The molecule has 0 fully saturated rings. The molecule has 1 rings (SSSR count). The van der Waals surface area contributed by atoms with Crippen LogP contribution in [0.3, 0.4) is 0 Å². The van der Waals surface area contributed by atoms with Gasteiger partial charge in [0, 0.05) is 18.7 Å². The standard InChI is InChI=1S/C14H21NO3/c1-10-5-6-13(18-4)12(7-10)9-15(3)8-11(2)14(16)17/h5-7,11H,8-9H2,1-4H3,(H,16,17). The molecule has 1 unspecified atom stereocenters. The van der Waals surface area contributed by atoms with E-state index in [1.54, 1.807) is 14.0 Å². The summed E-state index contributed by atoms with van der Waals surface area (Å²) in [6.45, 7) is 4.95. The van der Waals surface area contributed by atoms with Crippen molar-refractivity contribution < 1.29 is 14.6 Å². The molecule has 0 aliphatic heterocycles. The smallest absolute Gasteiger partial charge is 0.307 e. The largest absolute Gasteiger partial charge is 0.496 e. The van der Waals surface area contributed by atoms with Crippen LogP contribution >= 0.6 is 0 Å². The molecule has 4 heteroatoms. The highest BCUT2D eigenvalue weighted by Crippen LogP contribution is 2.21. The van der Waals surface area contributed by atoms with E-state index >= 15 is 0 Å². The topological polar surface area (TPSA) is 49.8 Å². The molecule has 0 amide bonds. The van der Waals surface area contributed by atoms with Crippen LogP contribution in [-0.2, 0) is 11.3 Å². The van der Waals surface area contributed by atoms with Crippen LogP contribution in [-0.4, -0.2) is 36.7 Å². The van der Waals surface area contributed by atoms with Gasteiger partial charge in [-0.05, 0) is 20.0 Å². The Morgan fingerprint density at radius 2 is 2.17 bits per heavy atom. The van der Waals surface area contributed by atoms with E-state index in [9.17, 15) is 4.79 Å². The fourth-order valence-corrected chi connectivity index (χ4v) is 1.93. The maximum absolute atomic E-state index is 10.8. The molecule has 0 radical (unpaired) electrons. The number of carboxylic acids is 1. The molecule has 1 aromatic carbocycles. The van der Waals surface area contributed by atoms with Gasteiger partial charge in [-0.15, -0.1) is 0 Å². The lowest BCUT2D eigenvalue weighted by Gasteiger charge is -2.20. The first-order valence-electron chi connectivity index (χ1n) is 5.99. The summed E-state index contributed by atoms with van der Waals surface area (Å²) in [5, 5.41) is 8.89. The highest BCUT2D eigenvalue weighted by molar-refractivity contribution is 5.69. The number of benzene rings is 1. The van der Waals surface area contributed by atoms with Crippen molar-refractivity contribution in [3.05, 3.63) is 29.3 Å². The molecule has 1 aromatic rings. The highest BCUT2D eigenvalue weighted by Gasteiger charge is 2.14. The molecule has 0 aromatic heterocycles. The van der Waals surface area contributed by atoms with E-state index in [4.69, 9.17) is 9.84 Å². The monoisotopic (exact) mass is 251 g/mol. The van der Waals surface area contributed by atoms with Crippen molar-refractivity contribution in [3.8, 4) is 5.75 Å². The highest BCUT2D eigenvalue weighted by atomic mass is 16.5. The summed E-state index contributed by atoms with van der Waals surface area (Å²) in [7, 11) is 3.56. The number of ether oxygens (including phenoxy) is 1. The lowest BCUT2D eigenvalue weighted by Crippen LogP contribution is -2.28. The third-order valence-corrected chi connectivity index (χ3v) is 2.88. The van der Waals surface area contributed by atoms with Gasteiger partial charge in [-0.25, -0.2) is 0 Å². The number of carboxylic acid groups (broad SMARTS) is 1. The number of methoxy groups -OCH3 is 1. The molecule has 1 N–H and O–H groups in total. The van der Waals surface area contributed by atoms with E-state index in [-0.39, 0.29) is 5.92 Å². The first-order valence-corrected chi connectivity index (χ1v) is 5.99. The van der Waals surface area contributed by atoms with Gasteiger partial charge >= 0.3 is 5.97 Å². The van der Waals surface area contributed by atoms with Gasteiger partial charge in [-0.3, -0.25) is 4.79 Å². The second-order valence-corrected chi connectivity index (χ2v) is 4.75. The molecule has 4 nitrogen and oxygen atoms in total. The molecule has 0 saturated carbocycles. The van der Waals surface area contributed by atoms with Crippen LogP contribution in [0.5, 0.6) is 5.75 Å². The number of hydrogen-bond acceptors (Lipinski definition) is 3. The lowest BCUT2D eigenvalue weighted by atomic mass is 10.1. The Hall–Kier alpha value is -1.55. The van der Waals surface area contributed by atoms with Crippen LogP contribution in [0.15, 0.2) is 18.2 Å². The Balaban J connectivity index is 2.71. The molecule has 0 saturated heterocycles. The Morgan fingerprint density at radius 1 is 1.50 bits per heavy atom. The fourth-order valence-electron chi connectivity index (χ4n) is 1.93. The summed E-state index contributed by atoms with van der Waals surface area (Å²) in [4.78, 5) is 12.8. The molecule has 18 heavy (non-hydrogen) atoms. The third kappa shape index (κ3) is 4.04. The van der Waals surface area contributed by atoms with Gasteiger partial charge in [0.2, 0.25) is 0 Å². The maximum Gasteiger partial charge on any atom is 0.307 e. The predicted molar refractivity (Wildman–Crippen MR) is 70.9 cm³/mol. The zero-order chi connectivity index (χ0) is 13.7. The molecular formula is C14H21NO3. The van der Waals surface area contributed by atoms with Crippen molar-refractivity contribution in [1.82, 2.24) is 4.90 Å². The second kappa shape index (κ2) is 6.40. The summed E-state index contributed by atoms with van der Waals surface area (Å²) < 4.78 is 5.31. The minimum Gasteiger partial charge on any atom is -0.496 e. The maximum atomic E-state index is 10.8. The van der Waals surface area contributed by atoms with Crippen molar-refractivity contribution in [2.75, 3.05) is 20.7 Å². The zero-order valence-corrected chi connectivity index (χ0v) is 11.4.